The van der Waals surface area contributed by atoms with Crippen LogP contribution in [0.1, 0.15) is 11.1 Å². The lowest BCUT2D eigenvalue weighted by molar-refractivity contribution is -0.131. The number of halogens is 2. The molecule has 1 aliphatic heterocycles. The van der Waals surface area contributed by atoms with E-state index in [0.717, 1.165) is 6.07 Å². The predicted molar refractivity (Wildman–Crippen MR) is 82.9 cm³/mol. The highest BCUT2D eigenvalue weighted by Gasteiger charge is 2.26. The minimum atomic E-state index is -0.665. The number of amides is 1. The van der Waals surface area contributed by atoms with Gasteiger partial charge in [0.2, 0.25) is 5.91 Å². The summed E-state index contributed by atoms with van der Waals surface area (Å²) in [7, 11) is 0. The Hall–Kier alpha value is -3.01. The zero-order valence-corrected chi connectivity index (χ0v) is 12.7. The molecule has 5 nitrogen and oxygen atoms in total. The molecule has 0 aliphatic carbocycles. The molecule has 0 bridgehead atoms. The van der Waals surface area contributed by atoms with Crippen molar-refractivity contribution >= 4 is 11.7 Å². The summed E-state index contributed by atoms with van der Waals surface area (Å²) in [5, 5.41) is 9.13. The Balaban J connectivity index is 1.72. The molecule has 3 rings (SSSR count). The van der Waals surface area contributed by atoms with E-state index in [9.17, 15) is 13.6 Å². The van der Waals surface area contributed by atoms with E-state index >= 15 is 0 Å². The van der Waals surface area contributed by atoms with Crippen LogP contribution in [0.15, 0.2) is 36.5 Å². The van der Waals surface area contributed by atoms with Crippen LogP contribution in [-0.4, -0.2) is 35.4 Å². The highest BCUT2D eigenvalue weighted by Crippen LogP contribution is 2.20. The number of rotatable bonds is 3. The lowest BCUT2D eigenvalue weighted by Crippen LogP contribution is -2.50. The number of aromatic nitrogens is 1. The first-order valence-electron chi connectivity index (χ1n) is 7.40. The van der Waals surface area contributed by atoms with Gasteiger partial charge in [-0.15, -0.1) is 0 Å². The molecule has 1 aromatic heterocycles. The Kier molecular flexibility index (Phi) is 4.38. The molecule has 122 valence electrons. The average Bonchev–Trinajstić information content (AvgIpc) is 2.58. The fourth-order valence-corrected chi connectivity index (χ4v) is 2.65. The van der Waals surface area contributed by atoms with Crippen molar-refractivity contribution in [2.24, 2.45) is 0 Å². The van der Waals surface area contributed by atoms with Crippen molar-refractivity contribution < 1.29 is 13.6 Å². The van der Waals surface area contributed by atoms with Gasteiger partial charge in [0.15, 0.2) is 0 Å². The molecule has 24 heavy (non-hydrogen) atoms. The third-order valence-corrected chi connectivity index (χ3v) is 3.90. The monoisotopic (exact) mass is 328 g/mol. The number of pyridine rings is 1. The summed E-state index contributed by atoms with van der Waals surface area (Å²) in [6.45, 7) is 1.01. The van der Waals surface area contributed by atoms with Gasteiger partial charge in [0.05, 0.1) is 12.1 Å². The standard InChI is InChI=1S/C17H14F2N4O/c18-14-4-3-13(15(19)8-14)10-22-6-7-23(11-16(22)24)17-12(9-20)2-1-5-21-17/h1-5,8H,6-7,10-11H2. The molecule has 2 heterocycles. The van der Waals surface area contributed by atoms with Gasteiger partial charge in [-0.2, -0.15) is 5.26 Å². The Bertz CT molecular complexity index is 818. The van der Waals surface area contributed by atoms with E-state index in [2.05, 4.69) is 11.1 Å². The van der Waals surface area contributed by atoms with E-state index in [0.29, 0.717) is 24.5 Å². The lowest BCUT2D eigenvalue weighted by Gasteiger charge is -2.35. The Labute approximate surface area is 137 Å². The van der Waals surface area contributed by atoms with Crippen molar-refractivity contribution in [3.05, 3.63) is 59.3 Å². The predicted octanol–water partition coefficient (Wildman–Crippen LogP) is 2.08. The highest BCUT2D eigenvalue weighted by atomic mass is 19.1. The van der Waals surface area contributed by atoms with Crippen molar-refractivity contribution in [2.45, 2.75) is 6.54 Å². The van der Waals surface area contributed by atoms with Gasteiger partial charge in [-0.1, -0.05) is 6.07 Å². The number of carbonyl (C=O) groups excluding carboxylic acids is 1. The second-order valence-electron chi connectivity index (χ2n) is 5.46. The maximum atomic E-state index is 13.7. The summed E-state index contributed by atoms with van der Waals surface area (Å²) in [4.78, 5) is 19.8. The highest BCUT2D eigenvalue weighted by molar-refractivity contribution is 5.83. The first kappa shape index (κ1) is 15.9. The number of piperazine rings is 1. The van der Waals surface area contributed by atoms with Crippen LogP contribution >= 0.6 is 0 Å². The molecular weight excluding hydrogens is 314 g/mol. The van der Waals surface area contributed by atoms with Gasteiger partial charge in [0.25, 0.3) is 0 Å². The van der Waals surface area contributed by atoms with Gasteiger partial charge in [-0.25, -0.2) is 13.8 Å². The molecule has 0 unspecified atom stereocenters. The zero-order chi connectivity index (χ0) is 17.1. The van der Waals surface area contributed by atoms with E-state index < -0.39 is 11.6 Å². The van der Waals surface area contributed by atoms with Crippen LogP contribution < -0.4 is 4.90 Å². The van der Waals surface area contributed by atoms with Gasteiger partial charge in [-0.3, -0.25) is 4.79 Å². The number of nitriles is 1. The molecule has 1 fully saturated rings. The third kappa shape index (κ3) is 3.18. The molecule has 0 atom stereocenters. The van der Waals surface area contributed by atoms with E-state index in [-0.39, 0.29) is 24.6 Å². The number of hydrogen-bond donors (Lipinski definition) is 0. The van der Waals surface area contributed by atoms with Crippen LogP contribution in [0.4, 0.5) is 14.6 Å². The Morgan fingerprint density at radius 3 is 2.79 bits per heavy atom. The molecule has 0 spiro atoms. The largest absolute Gasteiger partial charge is 0.344 e. The molecule has 7 heteroatoms. The molecule has 1 saturated heterocycles. The minimum Gasteiger partial charge on any atom is -0.344 e. The third-order valence-electron chi connectivity index (χ3n) is 3.90. The molecule has 0 N–H and O–H groups in total. The van der Waals surface area contributed by atoms with Crippen molar-refractivity contribution in [1.82, 2.24) is 9.88 Å². The minimum absolute atomic E-state index is 0.0640. The summed E-state index contributed by atoms with van der Waals surface area (Å²) >= 11 is 0. The number of anilines is 1. The summed E-state index contributed by atoms with van der Waals surface area (Å²) < 4.78 is 26.7. The van der Waals surface area contributed by atoms with Crippen LogP contribution in [-0.2, 0) is 11.3 Å². The van der Waals surface area contributed by atoms with Gasteiger partial charge < -0.3 is 9.80 Å². The SMILES string of the molecule is N#Cc1cccnc1N1CCN(Cc2ccc(F)cc2F)C(=O)C1. The van der Waals surface area contributed by atoms with Gasteiger partial charge >= 0.3 is 0 Å². The van der Waals surface area contributed by atoms with Gasteiger partial charge in [-0.05, 0) is 18.2 Å². The Morgan fingerprint density at radius 1 is 1.25 bits per heavy atom. The fraction of sp³-hybridized carbons (Fsp3) is 0.235. The van der Waals surface area contributed by atoms with Crippen molar-refractivity contribution in [3.63, 3.8) is 0 Å². The van der Waals surface area contributed by atoms with Crippen LogP contribution in [0, 0.1) is 23.0 Å². The summed E-state index contributed by atoms with van der Waals surface area (Å²) in [6.07, 6.45) is 1.57. The number of benzene rings is 1. The second-order valence-corrected chi connectivity index (χ2v) is 5.46. The zero-order valence-electron chi connectivity index (χ0n) is 12.7. The average molecular weight is 328 g/mol. The topological polar surface area (TPSA) is 60.2 Å². The van der Waals surface area contributed by atoms with E-state index in [1.54, 1.807) is 23.2 Å². The first-order valence-corrected chi connectivity index (χ1v) is 7.40. The van der Waals surface area contributed by atoms with Crippen molar-refractivity contribution in [2.75, 3.05) is 24.5 Å². The summed E-state index contributed by atoms with van der Waals surface area (Å²) in [5.41, 5.74) is 0.678. The number of carbonyl (C=O) groups is 1. The molecule has 2 aromatic rings. The summed E-state index contributed by atoms with van der Waals surface area (Å²) in [6, 6.07) is 8.69. The fourth-order valence-electron chi connectivity index (χ4n) is 2.65. The molecule has 1 amide bonds. The maximum Gasteiger partial charge on any atom is 0.242 e. The van der Waals surface area contributed by atoms with Gasteiger partial charge in [0, 0.05) is 37.5 Å². The van der Waals surface area contributed by atoms with Crippen LogP contribution in [0.25, 0.3) is 0 Å². The van der Waals surface area contributed by atoms with Crippen LogP contribution in [0.3, 0.4) is 0 Å². The second kappa shape index (κ2) is 6.62. The molecule has 0 radical (unpaired) electrons. The number of hydrogen-bond acceptors (Lipinski definition) is 4. The quantitative estimate of drug-likeness (QED) is 0.865. The van der Waals surface area contributed by atoms with E-state index in [1.165, 1.54) is 17.0 Å². The summed E-state index contributed by atoms with van der Waals surface area (Å²) in [5.74, 6) is -1.03. The van der Waals surface area contributed by atoms with Crippen molar-refractivity contribution in [3.8, 4) is 6.07 Å². The number of nitrogens with zero attached hydrogens (tertiary/aromatic N) is 4. The Morgan fingerprint density at radius 2 is 2.08 bits per heavy atom. The van der Waals surface area contributed by atoms with Gasteiger partial charge in [0.1, 0.15) is 23.5 Å². The molecule has 0 saturated carbocycles. The lowest BCUT2D eigenvalue weighted by atomic mass is 10.1. The molecule has 1 aromatic carbocycles. The van der Waals surface area contributed by atoms with Crippen molar-refractivity contribution in [1.29, 1.82) is 5.26 Å². The normalized spacial score (nSPS) is 14.6. The van der Waals surface area contributed by atoms with Crippen LogP contribution in [0.5, 0.6) is 0 Å². The molecule has 1 aliphatic rings. The van der Waals surface area contributed by atoms with E-state index in [1.807, 2.05) is 0 Å². The maximum absolute atomic E-state index is 13.7. The van der Waals surface area contributed by atoms with Crippen LogP contribution in [0.2, 0.25) is 0 Å². The smallest absolute Gasteiger partial charge is 0.242 e. The first-order chi connectivity index (χ1) is 11.6. The van der Waals surface area contributed by atoms with E-state index in [4.69, 9.17) is 5.26 Å². The molecular formula is C17H14F2N4O.